The summed E-state index contributed by atoms with van der Waals surface area (Å²) < 4.78 is 1.67. The first-order chi connectivity index (χ1) is 12.4. The molecule has 8 heteroatoms. The molecule has 26 heavy (non-hydrogen) atoms. The molecule has 1 heterocycles. The molecule has 0 bridgehead atoms. The van der Waals surface area contributed by atoms with Crippen LogP contribution in [0.4, 0.5) is 11.5 Å². The fraction of sp³-hybridized carbons (Fsp3) is 0.111. The molecule has 1 N–H and O–H groups in total. The third-order valence-electron chi connectivity index (χ3n) is 3.86. The standard InChI is InChI=1S/C18H15ClN4O3/c1-12-15(6-3-7-16(12)23(25)26)18(24)20-17-8-9-22(21-17)11-13-4-2-5-14(19)10-13/h2-10H,11H2,1H3,(H,20,21,24). The average molecular weight is 371 g/mol. The van der Waals surface area contributed by atoms with E-state index < -0.39 is 10.8 Å². The highest BCUT2D eigenvalue weighted by atomic mass is 35.5. The average Bonchev–Trinajstić information content (AvgIpc) is 3.01. The summed E-state index contributed by atoms with van der Waals surface area (Å²) in [7, 11) is 0. The molecule has 3 aromatic rings. The van der Waals surface area contributed by atoms with Crippen molar-refractivity contribution in [2.75, 3.05) is 5.32 Å². The van der Waals surface area contributed by atoms with Gasteiger partial charge in [-0.1, -0.05) is 29.8 Å². The van der Waals surface area contributed by atoms with Gasteiger partial charge in [-0.05, 0) is 30.7 Å². The molecule has 0 aliphatic carbocycles. The quantitative estimate of drug-likeness (QED) is 0.541. The molecule has 3 rings (SSSR count). The van der Waals surface area contributed by atoms with Crippen LogP contribution < -0.4 is 5.32 Å². The van der Waals surface area contributed by atoms with E-state index >= 15 is 0 Å². The van der Waals surface area contributed by atoms with Gasteiger partial charge in [-0.15, -0.1) is 0 Å². The number of nitrogens with one attached hydrogen (secondary N) is 1. The molecule has 2 aromatic carbocycles. The van der Waals surface area contributed by atoms with Crippen LogP contribution in [0, 0.1) is 17.0 Å². The van der Waals surface area contributed by atoms with Crippen molar-refractivity contribution in [3.63, 3.8) is 0 Å². The van der Waals surface area contributed by atoms with Gasteiger partial charge in [0.2, 0.25) is 0 Å². The molecule has 0 radical (unpaired) electrons. The van der Waals surface area contributed by atoms with Gasteiger partial charge in [0.15, 0.2) is 5.82 Å². The van der Waals surface area contributed by atoms with E-state index in [1.807, 2.05) is 18.2 Å². The molecule has 7 nitrogen and oxygen atoms in total. The first kappa shape index (κ1) is 17.6. The second kappa shape index (κ2) is 7.37. The first-order valence-electron chi connectivity index (χ1n) is 7.77. The van der Waals surface area contributed by atoms with Crippen LogP contribution in [0.5, 0.6) is 0 Å². The van der Waals surface area contributed by atoms with Crippen LogP contribution in [-0.4, -0.2) is 20.6 Å². The lowest BCUT2D eigenvalue weighted by molar-refractivity contribution is -0.385. The Hall–Kier alpha value is -3.19. The SMILES string of the molecule is Cc1c(C(=O)Nc2ccn(Cc3cccc(Cl)c3)n2)cccc1[N+](=O)[O-]. The topological polar surface area (TPSA) is 90.1 Å². The second-order valence-corrected chi connectivity index (χ2v) is 6.13. The van der Waals surface area contributed by atoms with Crippen LogP contribution in [0.3, 0.4) is 0 Å². The molecule has 0 saturated carbocycles. The van der Waals surface area contributed by atoms with E-state index in [0.717, 1.165) is 5.56 Å². The number of nitrogens with zero attached hydrogens (tertiary/aromatic N) is 3. The van der Waals surface area contributed by atoms with Crippen molar-refractivity contribution in [2.45, 2.75) is 13.5 Å². The summed E-state index contributed by atoms with van der Waals surface area (Å²) in [5.74, 6) is -0.0814. The Morgan fingerprint density at radius 1 is 1.27 bits per heavy atom. The summed E-state index contributed by atoms with van der Waals surface area (Å²) in [5, 5.41) is 18.6. The highest BCUT2D eigenvalue weighted by Gasteiger charge is 2.18. The monoisotopic (exact) mass is 370 g/mol. The highest BCUT2D eigenvalue weighted by Crippen LogP contribution is 2.22. The molecule has 0 saturated heterocycles. The number of halogens is 1. The van der Waals surface area contributed by atoms with E-state index in [9.17, 15) is 14.9 Å². The minimum atomic E-state index is -0.508. The normalized spacial score (nSPS) is 10.5. The Morgan fingerprint density at radius 3 is 2.77 bits per heavy atom. The lowest BCUT2D eigenvalue weighted by atomic mass is 10.1. The zero-order chi connectivity index (χ0) is 18.7. The number of hydrogen-bond acceptors (Lipinski definition) is 4. The maximum absolute atomic E-state index is 12.4. The molecular formula is C18H15ClN4O3. The van der Waals surface area contributed by atoms with Gasteiger partial charge >= 0.3 is 0 Å². The van der Waals surface area contributed by atoms with Gasteiger partial charge in [-0.25, -0.2) is 0 Å². The molecule has 1 aromatic heterocycles. The Kier molecular flexibility index (Phi) is 4.99. The number of anilines is 1. The fourth-order valence-corrected chi connectivity index (χ4v) is 2.80. The lowest BCUT2D eigenvalue weighted by Gasteiger charge is -2.06. The van der Waals surface area contributed by atoms with Crippen LogP contribution >= 0.6 is 11.6 Å². The van der Waals surface area contributed by atoms with E-state index in [1.165, 1.54) is 12.1 Å². The predicted octanol–water partition coefficient (Wildman–Crippen LogP) is 4.05. The summed E-state index contributed by atoms with van der Waals surface area (Å²) in [6.07, 6.45) is 1.73. The summed E-state index contributed by atoms with van der Waals surface area (Å²) >= 11 is 5.97. The van der Waals surface area contributed by atoms with Crippen molar-refractivity contribution in [3.05, 3.63) is 86.6 Å². The lowest BCUT2D eigenvalue weighted by Crippen LogP contribution is -2.15. The van der Waals surface area contributed by atoms with Crippen LogP contribution in [0.2, 0.25) is 5.02 Å². The zero-order valence-corrected chi connectivity index (χ0v) is 14.6. The van der Waals surface area contributed by atoms with Crippen LogP contribution in [0.15, 0.2) is 54.7 Å². The summed E-state index contributed by atoms with van der Waals surface area (Å²) in [6, 6.07) is 13.5. The number of nitro groups is 1. The van der Waals surface area contributed by atoms with E-state index in [2.05, 4.69) is 10.4 Å². The predicted molar refractivity (Wildman–Crippen MR) is 98.6 cm³/mol. The zero-order valence-electron chi connectivity index (χ0n) is 13.8. The minimum absolute atomic E-state index is 0.0934. The van der Waals surface area contributed by atoms with Crippen molar-refractivity contribution < 1.29 is 9.72 Å². The van der Waals surface area contributed by atoms with Gasteiger partial charge < -0.3 is 5.32 Å². The van der Waals surface area contributed by atoms with Crippen LogP contribution in [-0.2, 0) is 6.54 Å². The first-order valence-corrected chi connectivity index (χ1v) is 8.15. The fourth-order valence-electron chi connectivity index (χ4n) is 2.59. The van der Waals surface area contributed by atoms with Gasteiger partial charge in [0.05, 0.1) is 11.5 Å². The molecule has 0 unspecified atom stereocenters. The van der Waals surface area contributed by atoms with Gasteiger partial charge in [0, 0.05) is 34.5 Å². The van der Waals surface area contributed by atoms with Crippen molar-refractivity contribution >= 4 is 29.0 Å². The third-order valence-corrected chi connectivity index (χ3v) is 4.10. The smallest absolute Gasteiger partial charge is 0.273 e. The molecule has 132 valence electrons. The third kappa shape index (κ3) is 3.89. The Morgan fingerprint density at radius 2 is 2.04 bits per heavy atom. The summed E-state index contributed by atoms with van der Waals surface area (Å²) in [6.45, 7) is 2.05. The number of nitro benzene ring substituents is 1. The number of rotatable bonds is 5. The maximum atomic E-state index is 12.4. The molecule has 0 atom stereocenters. The van der Waals surface area contributed by atoms with E-state index in [4.69, 9.17) is 11.6 Å². The molecule has 0 aliphatic rings. The number of amides is 1. The Bertz CT molecular complexity index is 984. The van der Waals surface area contributed by atoms with E-state index in [0.29, 0.717) is 22.9 Å². The summed E-state index contributed by atoms with van der Waals surface area (Å²) in [4.78, 5) is 22.9. The van der Waals surface area contributed by atoms with Crippen LogP contribution in [0.25, 0.3) is 0 Å². The Balaban J connectivity index is 1.74. The van der Waals surface area contributed by atoms with Gasteiger partial charge in [-0.2, -0.15) is 5.10 Å². The van der Waals surface area contributed by atoms with E-state index in [-0.39, 0.29) is 11.3 Å². The maximum Gasteiger partial charge on any atom is 0.273 e. The van der Waals surface area contributed by atoms with Gasteiger partial charge in [-0.3, -0.25) is 19.6 Å². The van der Waals surface area contributed by atoms with Gasteiger partial charge in [0.25, 0.3) is 11.6 Å². The molecule has 0 spiro atoms. The highest BCUT2D eigenvalue weighted by molar-refractivity contribution is 6.30. The number of benzene rings is 2. The van der Waals surface area contributed by atoms with Gasteiger partial charge in [0.1, 0.15) is 0 Å². The van der Waals surface area contributed by atoms with Crippen molar-refractivity contribution in [1.82, 2.24) is 9.78 Å². The number of carbonyl (C=O) groups is 1. The van der Waals surface area contributed by atoms with Crippen LogP contribution in [0.1, 0.15) is 21.5 Å². The largest absolute Gasteiger partial charge is 0.305 e. The molecule has 1 amide bonds. The molecular weight excluding hydrogens is 356 g/mol. The molecule has 0 fully saturated rings. The van der Waals surface area contributed by atoms with Crippen molar-refractivity contribution in [2.24, 2.45) is 0 Å². The molecule has 0 aliphatic heterocycles. The summed E-state index contributed by atoms with van der Waals surface area (Å²) in [5.41, 5.74) is 1.44. The minimum Gasteiger partial charge on any atom is -0.305 e. The number of carbonyl (C=O) groups excluding carboxylic acids is 1. The van der Waals surface area contributed by atoms with Crippen molar-refractivity contribution in [1.29, 1.82) is 0 Å². The second-order valence-electron chi connectivity index (χ2n) is 5.69. The van der Waals surface area contributed by atoms with Crippen molar-refractivity contribution in [3.8, 4) is 0 Å². The Labute approximate surface area is 154 Å². The number of aromatic nitrogens is 2. The number of hydrogen-bond donors (Lipinski definition) is 1. The van der Waals surface area contributed by atoms with E-state index in [1.54, 1.807) is 36.0 Å².